The van der Waals surface area contributed by atoms with Gasteiger partial charge in [-0.3, -0.25) is 33.6 Å². The molecule has 0 saturated carbocycles. The number of aliphatic hydroxyl groups is 20. The van der Waals surface area contributed by atoms with Gasteiger partial charge in [-0.2, -0.15) is 23.5 Å². The molecule has 23 fully saturated rings. The number of aliphatic hydroxyl groups excluding tert-OH is 20. The van der Waals surface area contributed by atoms with Crippen LogP contribution in [0.4, 0.5) is 0 Å². The number of epoxide rings is 1. The molecule has 838 valence electrons. The molecule has 0 radical (unpaired) electrons. The van der Waals surface area contributed by atoms with Crippen molar-refractivity contribution in [3.05, 3.63) is 21.7 Å². The normalized spacial score (nSPS) is 41.2. The predicted octanol–water partition coefficient (Wildman–Crippen LogP) is -6.46. The number of ether oxygens (including phenoxy) is 18. The third kappa shape index (κ3) is 31.9. The van der Waals surface area contributed by atoms with E-state index in [2.05, 4.69) is 17.2 Å². The standard InChI is InChI=1S/C60H98O41S2.C33H53N3O6S/c1-3-21(52(82)83)16-102-18-29-50-36(73)43(80)59(93-29)98-48-27(14-64)89-55(39(76)32(48)69)95-45-24(11-61)88-54(38(75)31(45)68)96-46-26(13-63)92-58(42(79)35(46)72)101-51-30(19-103-17-22(53(84)85)10-23(67)5-7-87-9-8-86-6-4-20(2)66)94-60(44(81)37(51)74)99-49-28(15-65)90-56(40(77)33(49)70)97-47-25(12-62)91-57(100-50)41(78)34(47)71;1-20-12-11-14-33(7)27(42-33)17-25(21(2)16-24-19-43-23(4)35-24)36-28(38)18-26(37)32(5,6)31(40)22(3)30(20)41-29(39)13-9-8-10-15-34/h21-22,24-51,54-65,68-81H,3-19H2,1-2H3,(H,82,83)(H,84,85);16,19-20,22,25-27,30,37H,8-15,17-18,34H2,1-7H3,(H,36,38)/b;21-16+/t21?,22?,24?,25?,26?,27?,28?,29?,30?,31-,32-,33-,34-,35-,36-,37-,38?,39?,40?,41?,42?,43?,44?,45-,46-,47-,48-,49-,50-,51-,54-,55+,56-,57-,58-,59+,60-;20-,22+,25-,26-,27-,30-,33+/m10/s1. The Morgan fingerprint density at radius 3 is 1.25 bits per heavy atom. The second kappa shape index (κ2) is 57.2. The molecule has 146 heavy (non-hydrogen) atoms. The lowest BCUT2D eigenvalue weighted by atomic mass is 9.72. The molecule has 24 heterocycles. The number of amides is 1. The molecule has 53 heteroatoms. The molecule has 16 unspecified atom stereocenters. The highest BCUT2D eigenvalue weighted by atomic mass is 32.2. The fraction of sp³-hybridized carbons (Fsp3) is 0.871. The lowest BCUT2D eigenvalue weighted by Gasteiger charge is -2.50. The Morgan fingerprint density at radius 2 is 0.897 bits per heavy atom. The number of fused-ring (bicyclic) bond motifs is 1. The van der Waals surface area contributed by atoms with Gasteiger partial charge in [0.25, 0.3) is 0 Å². The molecule has 1 amide bonds. The molecule has 25 N–H and O–H groups in total. The number of esters is 1. The smallest absolute Gasteiger partial charge is 0.307 e. The van der Waals surface area contributed by atoms with Crippen LogP contribution in [0, 0.1) is 36.0 Å². The number of nitrogens with zero attached hydrogens (tertiary/aromatic N) is 1. The fourth-order valence-corrected chi connectivity index (χ4v) is 22.0. The van der Waals surface area contributed by atoms with Gasteiger partial charge in [0.05, 0.1) is 136 Å². The van der Waals surface area contributed by atoms with E-state index in [1.165, 1.54) is 6.92 Å². The Bertz CT molecular complexity index is 4250. The van der Waals surface area contributed by atoms with Gasteiger partial charge in [0.15, 0.2) is 44.0 Å². The molecule has 23 aliphatic rings. The number of hydrogen-bond donors (Lipinski definition) is 24. The highest BCUT2D eigenvalue weighted by molar-refractivity contribution is 7.99. The van der Waals surface area contributed by atoms with E-state index in [1.54, 1.807) is 39.0 Å². The number of carbonyl (C=O) groups excluding carboxylic acids is 5. The van der Waals surface area contributed by atoms with Crippen molar-refractivity contribution >= 4 is 82.1 Å². The van der Waals surface area contributed by atoms with Crippen molar-refractivity contribution in [3.8, 4) is 0 Å². The minimum atomic E-state index is -2.31. The van der Waals surface area contributed by atoms with Crippen LogP contribution >= 0.6 is 34.9 Å². The number of Topliss-reactive ketones (excluding diaryl/α,β-unsaturated/α-hetero) is 3. The molecule has 23 aliphatic heterocycles. The highest BCUT2D eigenvalue weighted by Crippen LogP contribution is 2.47. The molecule has 0 spiro atoms. The van der Waals surface area contributed by atoms with Crippen molar-refractivity contribution in [2.45, 2.75) is 391 Å². The minimum Gasteiger partial charge on any atom is -0.481 e. The molecule has 50 nitrogen and oxygen atoms in total. The summed E-state index contributed by atoms with van der Waals surface area (Å²) in [5.41, 5.74) is 5.84. The van der Waals surface area contributed by atoms with Crippen LogP contribution in [0.3, 0.4) is 0 Å². The summed E-state index contributed by atoms with van der Waals surface area (Å²) in [6.45, 7) is 11.5. The first-order chi connectivity index (χ1) is 69.2. The number of aliphatic carboxylic acids is 2. The van der Waals surface area contributed by atoms with E-state index < -0.39 is 313 Å². The van der Waals surface area contributed by atoms with Gasteiger partial charge in [-0.1, -0.05) is 47.5 Å². The van der Waals surface area contributed by atoms with E-state index in [4.69, 9.17) is 91.0 Å². The molecule has 0 aliphatic carbocycles. The number of carbonyl (C=O) groups is 7. The van der Waals surface area contributed by atoms with Crippen LogP contribution in [0.25, 0.3) is 6.08 Å². The highest BCUT2D eigenvalue weighted by Gasteiger charge is 2.62. The van der Waals surface area contributed by atoms with Crippen LogP contribution in [0.1, 0.15) is 150 Å². The zero-order valence-electron chi connectivity index (χ0n) is 82.9. The minimum absolute atomic E-state index is 0.0226. The van der Waals surface area contributed by atoms with Crippen molar-refractivity contribution in [1.82, 2.24) is 10.3 Å². The summed E-state index contributed by atoms with van der Waals surface area (Å²) >= 11 is 3.30. The number of aromatic nitrogens is 1. The van der Waals surface area contributed by atoms with E-state index in [0.29, 0.717) is 19.4 Å². The Hall–Kier alpha value is -4.56. The molecule has 1 aromatic rings. The Labute approximate surface area is 855 Å². The average molecular weight is 2160 g/mol. The average Bonchev–Trinajstić information content (AvgIpc) is 1.68. The maximum absolute atomic E-state index is 13.9. The van der Waals surface area contributed by atoms with Crippen molar-refractivity contribution in [3.63, 3.8) is 0 Å². The quantitative estimate of drug-likeness (QED) is 0.0171. The van der Waals surface area contributed by atoms with E-state index >= 15 is 0 Å². The molecule has 14 bridgehead atoms. The van der Waals surface area contributed by atoms with Crippen LogP contribution in [0.2, 0.25) is 0 Å². The summed E-state index contributed by atoms with van der Waals surface area (Å²) < 4.78 is 106. The van der Waals surface area contributed by atoms with Gasteiger partial charge in [-0.25, -0.2) is 4.98 Å². The van der Waals surface area contributed by atoms with Gasteiger partial charge in [0.2, 0.25) is 5.91 Å². The van der Waals surface area contributed by atoms with Crippen LogP contribution in [0.5, 0.6) is 0 Å². The number of unbranched alkanes of at least 4 members (excludes halogenated alkanes) is 2. The number of nitrogens with one attached hydrogen (secondary N) is 1. The molecule has 1 aromatic heterocycles. The first-order valence-electron chi connectivity index (χ1n) is 49.4. The van der Waals surface area contributed by atoms with Crippen molar-refractivity contribution in [2.24, 2.45) is 34.8 Å². The van der Waals surface area contributed by atoms with E-state index in [-0.39, 0.29) is 123 Å². The van der Waals surface area contributed by atoms with E-state index in [1.807, 2.05) is 32.2 Å². The Morgan fingerprint density at radius 1 is 0.521 bits per heavy atom. The number of nitrogens with two attached hydrogens (primary N) is 1. The van der Waals surface area contributed by atoms with Crippen molar-refractivity contribution in [2.75, 3.05) is 89.0 Å². The SMILES string of the molecule is C/C(=C\c1csc(C)n1)[C@@H]1C[C@@H]2O[C@]2(C)CCC[C@H](C)[C@H](OC(=O)CCCCCN)[C@@H](C)C(=O)C(C)(C)[C@@H](O)CC(=O)N1.CCC(CSCC1O[C@H]2O[C@@H]3C(CO)O[C@@H](O[C@@H]4C(CO)O[C@H](O[C@@H]5C(CO)O[C@H](O[C@@H]6C(CSCC(CC(=O)CCOCCOCCC(C)=O)C(=O)O)O[C@H](O[C@@H]7C(CO)O[C@H](O[C@@H]8C(CO)O[C@H](O[C@H]1[C@H](O)C2O)C(O)[C@H]8O)C(O)[C@H]7O)C(O)[C@H]6O)C(O)[C@H]5O)C(O)[C@H]4O)C(O)[C@H]3O)C(=O)O. The van der Waals surface area contributed by atoms with Crippen molar-refractivity contribution in [1.29, 1.82) is 0 Å². The molecule has 44 atom stereocenters. The summed E-state index contributed by atoms with van der Waals surface area (Å²) in [5, 5.41) is 254. The summed E-state index contributed by atoms with van der Waals surface area (Å²) in [6.07, 6.45) is -67.1. The monoisotopic (exact) mass is 2160 g/mol. The number of thioether (sulfide) groups is 2. The van der Waals surface area contributed by atoms with E-state index in [9.17, 15) is 146 Å². The Balaban J connectivity index is 0.000000422. The number of carboxylic acids is 2. The van der Waals surface area contributed by atoms with Crippen LogP contribution in [-0.4, -0.2) is 492 Å². The summed E-state index contributed by atoms with van der Waals surface area (Å²) in [4.78, 5) is 93.3. The zero-order chi connectivity index (χ0) is 107. The first kappa shape index (κ1) is 123. The number of aryl methyl sites for hydroxylation is 1. The van der Waals surface area contributed by atoms with Crippen LogP contribution < -0.4 is 11.1 Å². The largest absolute Gasteiger partial charge is 0.481 e. The van der Waals surface area contributed by atoms with Crippen LogP contribution in [-0.2, 0) is 119 Å². The second-order valence-corrected chi connectivity index (χ2v) is 42.7. The van der Waals surface area contributed by atoms with Gasteiger partial charge < -0.3 is 209 Å². The Kier molecular flexibility index (Phi) is 48.3. The summed E-state index contributed by atoms with van der Waals surface area (Å²) in [7, 11) is 0. The number of ketones is 3. The lowest BCUT2D eigenvalue weighted by Crippen LogP contribution is -2.68. The number of hydrogen-bond acceptors (Lipinski definition) is 50. The summed E-state index contributed by atoms with van der Waals surface area (Å²) in [6, 6.07) is -0.299. The maximum atomic E-state index is 13.9. The topological polar surface area (TPSA) is 785 Å². The molecular formula is C93H151N3O47S3. The molecule has 24 rings (SSSR count). The van der Waals surface area contributed by atoms with Gasteiger partial charge >= 0.3 is 17.9 Å². The van der Waals surface area contributed by atoms with Gasteiger partial charge in [-0.05, 0) is 83.9 Å². The number of thiazole rings is 1. The van der Waals surface area contributed by atoms with Gasteiger partial charge in [0.1, 0.15) is 182 Å². The molecule has 23 saturated heterocycles. The number of carboxylic acid groups (broad SMARTS) is 2. The second-order valence-electron chi connectivity index (χ2n) is 39.5. The molecular weight excluding hydrogens is 2010 g/mol. The van der Waals surface area contributed by atoms with Crippen LogP contribution in [0.15, 0.2) is 11.0 Å². The zero-order valence-corrected chi connectivity index (χ0v) is 85.3. The third-order valence-corrected chi connectivity index (χ3v) is 31.4. The molecule has 0 aromatic carbocycles. The number of rotatable bonds is 35. The van der Waals surface area contributed by atoms with Gasteiger partial charge in [0, 0.05) is 60.5 Å². The van der Waals surface area contributed by atoms with Crippen molar-refractivity contribution < 1.29 is 231 Å². The summed E-state index contributed by atoms with van der Waals surface area (Å²) in [5.74, 6) is -8.35. The fourth-order valence-electron chi connectivity index (χ4n) is 18.9. The predicted molar refractivity (Wildman–Crippen MR) is 502 cm³/mol. The third-order valence-electron chi connectivity index (χ3n) is 28.2. The maximum Gasteiger partial charge on any atom is 0.307 e. The lowest BCUT2D eigenvalue weighted by molar-refractivity contribution is -0.395. The first-order valence-corrected chi connectivity index (χ1v) is 52.6. The van der Waals surface area contributed by atoms with Gasteiger partial charge in [-0.15, -0.1) is 11.3 Å². The van der Waals surface area contributed by atoms with E-state index in [0.717, 1.165) is 71.9 Å².